The van der Waals surface area contributed by atoms with Gasteiger partial charge in [-0.1, -0.05) is 38.1 Å². The zero-order valence-corrected chi connectivity index (χ0v) is 10.4. The Hall–Kier alpha value is -0.860. The molecule has 1 aromatic rings. The molecule has 0 spiro atoms. The molecule has 1 fully saturated rings. The van der Waals surface area contributed by atoms with Gasteiger partial charge in [0, 0.05) is 6.54 Å². The quantitative estimate of drug-likeness (QED) is 0.826. The van der Waals surface area contributed by atoms with E-state index in [0.29, 0.717) is 18.1 Å². The van der Waals surface area contributed by atoms with E-state index < -0.39 is 0 Å². The second-order valence-corrected chi connectivity index (χ2v) is 4.93. The van der Waals surface area contributed by atoms with E-state index in [-0.39, 0.29) is 0 Å². The molecule has 0 amide bonds. The van der Waals surface area contributed by atoms with Crippen LogP contribution in [-0.2, 0) is 4.74 Å². The molecular formula is C14H21NO. The maximum atomic E-state index is 5.66. The first kappa shape index (κ1) is 11.6. The molecular weight excluding hydrogens is 198 g/mol. The van der Waals surface area contributed by atoms with Crippen LogP contribution in [0.2, 0.25) is 0 Å². The fraction of sp³-hybridized carbons (Fsp3) is 0.571. The third-order valence-corrected chi connectivity index (χ3v) is 3.20. The van der Waals surface area contributed by atoms with Crippen molar-refractivity contribution in [3.8, 4) is 0 Å². The average Bonchev–Trinajstić information content (AvgIpc) is 2.30. The lowest BCUT2D eigenvalue weighted by molar-refractivity contribution is 0.0149. The topological polar surface area (TPSA) is 21.3 Å². The van der Waals surface area contributed by atoms with Gasteiger partial charge in [0.2, 0.25) is 0 Å². The van der Waals surface area contributed by atoms with Gasteiger partial charge in [-0.3, -0.25) is 0 Å². The zero-order chi connectivity index (χ0) is 11.5. The molecule has 0 saturated carbocycles. The smallest absolute Gasteiger partial charge is 0.0672 e. The molecule has 2 rings (SSSR count). The number of morpholine rings is 1. The minimum Gasteiger partial charge on any atom is -0.375 e. The Bertz CT molecular complexity index is 323. The van der Waals surface area contributed by atoms with E-state index >= 15 is 0 Å². The van der Waals surface area contributed by atoms with Gasteiger partial charge in [0.05, 0.1) is 18.8 Å². The minimum absolute atomic E-state index is 0.339. The lowest BCUT2D eigenvalue weighted by Gasteiger charge is -2.28. The van der Waals surface area contributed by atoms with Crippen molar-refractivity contribution in [3.05, 3.63) is 35.4 Å². The van der Waals surface area contributed by atoms with Crippen LogP contribution in [0.25, 0.3) is 0 Å². The standard InChI is InChI=1S/C14H21NO/c1-10(2)12-4-6-13(7-5-12)14-9-16-11(3)8-15-14/h4-7,10-11,14-15H,8-9H2,1-3H3. The number of benzene rings is 1. The number of nitrogens with one attached hydrogen (secondary N) is 1. The lowest BCUT2D eigenvalue weighted by Crippen LogP contribution is -2.39. The fourth-order valence-corrected chi connectivity index (χ4v) is 2.01. The molecule has 2 atom stereocenters. The summed E-state index contributed by atoms with van der Waals surface area (Å²) in [5.41, 5.74) is 2.73. The van der Waals surface area contributed by atoms with Crippen LogP contribution in [0.15, 0.2) is 24.3 Å². The van der Waals surface area contributed by atoms with E-state index in [2.05, 4.69) is 50.4 Å². The third-order valence-electron chi connectivity index (χ3n) is 3.20. The van der Waals surface area contributed by atoms with Gasteiger partial charge in [0.15, 0.2) is 0 Å². The molecule has 1 heterocycles. The molecule has 2 unspecified atom stereocenters. The highest BCUT2D eigenvalue weighted by Gasteiger charge is 2.19. The first-order valence-corrected chi connectivity index (χ1v) is 6.11. The van der Waals surface area contributed by atoms with Crippen molar-refractivity contribution in [1.29, 1.82) is 0 Å². The molecule has 0 aliphatic carbocycles. The summed E-state index contributed by atoms with van der Waals surface area (Å²) in [6.07, 6.45) is 0.339. The molecule has 1 aliphatic heterocycles. The van der Waals surface area contributed by atoms with Gasteiger partial charge < -0.3 is 10.1 Å². The first-order valence-electron chi connectivity index (χ1n) is 6.11. The van der Waals surface area contributed by atoms with Crippen molar-refractivity contribution >= 4 is 0 Å². The predicted molar refractivity (Wildman–Crippen MR) is 66.7 cm³/mol. The van der Waals surface area contributed by atoms with Crippen LogP contribution in [0.1, 0.15) is 43.9 Å². The van der Waals surface area contributed by atoms with E-state index in [1.807, 2.05) is 0 Å². The van der Waals surface area contributed by atoms with Crippen LogP contribution in [0, 0.1) is 0 Å². The first-order chi connectivity index (χ1) is 7.66. The predicted octanol–water partition coefficient (Wildman–Crippen LogP) is 2.86. The summed E-state index contributed by atoms with van der Waals surface area (Å²) in [6, 6.07) is 9.23. The van der Waals surface area contributed by atoms with E-state index in [1.54, 1.807) is 0 Å². The van der Waals surface area contributed by atoms with Crippen LogP contribution in [0.5, 0.6) is 0 Å². The van der Waals surface area contributed by atoms with Crippen molar-refractivity contribution < 1.29 is 4.74 Å². The Morgan fingerprint density at radius 1 is 1.25 bits per heavy atom. The SMILES string of the molecule is CC1CNC(c2ccc(C(C)C)cc2)CO1. The molecule has 16 heavy (non-hydrogen) atoms. The summed E-state index contributed by atoms with van der Waals surface area (Å²) in [7, 11) is 0. The van der Waals surface area contributed by atoms with Gasteiger partial charge in [-0.25, -0.2) is 0 Å². The number of hydrogen-bond donors (Lipinski definition) is 1. The summed E-state index contributed by atoms with van der Waals surface area (Å²) in [4.78, 5) is 0. The molecule has 1 N–H and O–H groups in total. The van der Waals surface area contributed by atoms with E-state index in [9.17, 15) is 0 Å². The largest absolute Gasteiger partial charge is 0.375 e. The molecule has 1 aliphatic rings. The fourth-order valence-electron chi connectivity index (χ4n) is 2.01. The van der Waals surface area contributed by atoms with Crippen molar-refractivity contribution in [1.82, 2.24) is 5.32 Å². The summed E-state index contributed by atoms with van der Waals surface area (Å²) < 4.78 is 5.66. The van der Waals surface area contributed by atoms with Crippen LogP contribution < -0.4 is 5.32 Å². The number of rotatable bonds is 2. The number of hydrogen-bond acceptors (Lipinski definition) is 2. The Morgan fingerprint density at radius 2 is 1.94 bits per heavy atom. The van der Waals surface area contributed by atoms with Crippen molar-refractivity contribution in [2.45, 2.75) is 38.8 Å². The van der Waals surface area contributed by atoms with Gasteiger partial charge in [0.25, 0.3) is 0 Å². The molecule has 88 valence electrons. The third kappa shape index (κ3) is 2.63. The van der Waals surface area contributed by atoms with Crippen molar-refractivity contribution in [2.75, 3.05) is 13.2 Å². The van der Waals surface area contributed by atoms with E-state index in [0.717, 1.165) is 13.2 Å². The maximum absolute atomic E-state index is 5.66. The normalized spacial score (nSPS) is 26.0. The monoisotopic (exact) mass is 219 g/mol. The summed E-state index contributed by atoms with van der Waals surface area (Å²) in [5, 5.41) is 3.51. The second kappa shape index (κ2) is 4.98. The second-order valence-electron chi connectivity index (χ2n) is 4.93. The van der Waals surface area contributed by atoms with Crippen LogP contribution >= 0.6 is 0 Å². The lowest BCUT2D eigenvalue weighted by atomic mass is 9.99. The minimum atomic E-state index is 0.339. The molecule has 0 bridgehead atoms. The van der Waals surface area contributed by atoms with E-state index in [1.165, 1.54) is 11.1 Å². The van der Waals surface area contributed by atoms with Crippen molar-refractivity contribution in [2.24, 2.45) is 0 Å². The summed E-state index contributed by atoms with van der Waals surface area (Å²) in [6.45, 7) is 8.27. The molecule has 2 heteroatoms. The van der Waals surface area contributed by atoms with Gasteiger partial charge in [-0.05, 0) is 24.0 Å². The van der Waals surface area contributed by atoms with Gasteiger partial charge in [0.1, 0.15) is 0 Å². The highest BCUT2D eigenvalue weighted by Crippen LogP contribution is 2.21. The molecule has 2 nitrogen and oxygen atoms in total. The van der Waals surface area contributed by atoms with E-state index in [4.69, 9.17) is 4.74 Å². The van der Waals surface area contributed by atoms with Gasteiger partial charge >= 0.3 is 0 Å². The van der Waals surface area contributed by atoms with Crippen LogP contribution in [0.3, 0.4) is 0 Å². The molecule has 0 radical (unpaired) electrons. The summed E-state index contributed by atoms with van der Waals surface area (Å²) in [5.74, 6) is 0.602. The molecule has 0 aromatic heterocycles. The number of ether oxygens (including phenoxy) is 1. The Labute approximate surface area is 98.0 Å². The van der Waals surface area contributed by atoms with Crippen LogP contribution in [0.4, 0.5) is 0 Å². The average molecular weight is 219 g/mol. The van der Waals surface area contributed by atoms with Gasteiger partial charge in [-0.2, -0.15) is 0 Å². The molecule has 1 saturated heterocycles. The van der Waals surface area contributed by atoms with Gasteiger partial charge in [-0.15, -0.1) is 0 Å². The Balaban J connectivity index is 2.04. The molecule has 1 aromatic carbocycles. The Morgan fingerprint density at radius 3 is 2.44 bits per heavy atom. The highest BCUT2D eigenvalue weighted by atomic mass is 16.5. The highest BCUT2D eigenvalue weighted by molar-refractivity contribution is 5.27. The maximum Gasteiger partial charge on any atom is 0.0672 e. The van der Waals surface area contributed by atoms with Crippen molar-refractivity contribution in [3.63, 3.8) is 0 Å². The summed E-state index contributed by atoms with van der Waals surface area (Å²) >= 11 is 0. The van der Waals surface area contributed by atoms with Crippen LogP contribution in [-0.4, -0.2) is 19.3 Å². The zero-order valence-electron chi connectivity index (χ0n) is 10.4. The Kier molecular flexibility index (Phi) is 3.62.